The van der Waals surface area contributed by atoms with Gasteiger partial charge in [0.2, 0.25) is 0 Å². The zero-order chi connectivity index (χ0) is 24.5. The third kappa shape index (κ3) is 5.88. The molecule has 0 spiro atoms. The van der Waals surface area contributed by atoms with Crippen LogP contribution < -0.4 is 10.6 Å². The summed E-state index contributed by atoms with van der Waals surface area (Å²) in [6.07, 6.45) is -6.79. The van der Waals surface area contributed by atoms with Gasteiger partial charge in [-0.1, -0.05) is 36.4 Å². The number of hydrogen-bond donors (Lipinski definition) is 2. The van der Waals surface area contributed by atoms with E-state index in [9.17, 15) is 26.3 Å². The molecule has 7 rings (SSSR count). The van der Waals surface area contributed by atoms with E-state index in [-0.39, 0.29) is 11.2 Å². The van der Waals surface area contributed by atoms with E-state index < -0.39 is 29.2 Å². The second kappa shape index (κ2) is 9.29. The molecule has 0 fully saturated rings. The van der Waals surface area contributed by atoms with Gasteiger partial charge in [-0.05, 0) is 84.4 Å². The molecule has 34 heavy (non-hydrogen) atoms. The molecule has 2 N–H and O–H groups in total. The van der Waals surface area contributed by atoms with E-state index in [0.717, 1.165) is 30.4 Å². The van der Waals surface area contributed by atoms with Crippen molar-refractivity contribution >= 4 is 28.7 Å². The summed E-state index contributed by atoms with van der Waals surface area (Å²) in [7, 11) is 0. The molecule has 4 bridgehead atoms. The molecule has 3 aromatic carbocycles. The van der Waals surface area contributed by atoms with E-state index in [1.54, 1.807) is 0 Å². The molecule has 4 aliphatic carbocycles. The lowest BCUT2D eigenvalue weighted by atomic mass is 9.95. The molecule has 178 valence electrons. The number of benzene rings is 3. The first-order valence-corrected chi connectivity index (χ1v) is 11.0. The van der Waals surface area contributed by atoms with Crippen LogP contribution in [0.2, 0.25) is 0 Å². The highest BCUT2D eigenvalue weighted by molar-refractivity contribution is 7.80. The van der Waals surface area contributed by atoms with E-state index in [1.807, 2.05) is 18.2 Å². The Balaban J connectivity index is 1.58. The molecule has 2 nitrogen and oxygen atoms in total. The molecule has 0 heterocycles. The van der Waals surface area contributed by atoms with Crippen molar-refractivity contribution in [3.63, 3.8) is 0 Å². The van der Waals surface area contributed by atoms with Crippen LogP contribution >= 0.6 is 12.2 Å². The summed E-state index contributed by atoms with van der Waals surface area (Å²) in [5, 5.41) is 5.36. The van der Waals surface area contributed by atoms with Gasteiger partial charge in [0.25, 0.3) is 0 Å². The summed E-state index contributed by atoms with van der Waals surface area (Å²) >= 11 is 5.24. The Labute approximate surface area is 198 Å². The summed E-state index contributed by atoms with van der Waals surface area (Å²) in [6, 6.07) is 15.6. The Hall–Kier alpha value is -3.07. The Morgan fingerprint density at radius 2 is 1.12 bits per heavy atom. The molecular formula is C25H20F6N2S. The number of rotatable bonds is 2. The molecule has 0 unspecified atom stereocenters. The van der Waals surface area contributed by atoms with Crippen molar-refractivity contribution in [1.29, 1.82) is 0 Å². The first-order chi connectivity index (χ1) is 16.0. The van der Waals surface area contributed by atoms with E-state index >= 15 is 0 Å². The van der Waals surface area contributed by atoms with Crippen LogP contribution in [0.3, 0.4) is 0 Å². The third-order valence-electron chi connectivity index (χ3n) is 5.68. The largest absolute Gasteiger partial charge is 0.416 e. The van der Waals surface area contributed by atoms with E-state index in [4.69, 9.17) is 12.2 Å². The van der Waals surface area contributed by atoms with Crippen LogP contribution in [0.15, 0.2) is 60.7 Å². The van der Waals surface area contributed by atoms with Crippen LogP contribution in [0.4, 0.5) is 37.7 Å². The number of hydrogen-bond acceptors (Lipinski definition) is 1. The lowest BCUT2D eigenvalue weighted by Crippen LogP contribution is -2.21. The van der Waals surface area contributed by atoms with Crippen LogP contribution in [0.25, 0.3) is 0 Å². The summed E-state index contributed by atoms with van der Waals surface area (Å²) in [6.45, 7) is 0. The van der Waals surface area contributed by atoms with Crippen LogP contribution in [0.5, 0.6) is 0 Å². The maximum atomic E-state index is 13.1. The Morgan fingerprint density at radius 1 is 0.618 bits per heavy atom. The average Bonchev–Trinajstić information content (AvgIpc) is 2.74. The van der Waals surface area contributed by atoms with Gasteiger partial charge in [-0.25, -0.2) is 0 Å². The number of aryl methyl sites for hydroxylation is 4. The number of alkyl halides is 6. The van der Waals surface area contributed by atoms with E-state index in [1.165, 1.54) is 11.1 Å². The first kappa shape index (κ1) is 24.1. The quantitative estimate of drug-likeness (QED) is 0.286. The molecule has 0 saturated heterocycles. The predicted octanol–water partition coefficient (Wildman–Crippen LogP) is 7.42. The Morgan fingerprint density at radius 3 is 1.68 bits per heavy atom. The van der Waals surface area contributed by atoms with Gasteiger partial charge in [0.15, 0.2) is 5.11 Å². The molecular weight excluding hydrogens is 474 g/mol. The second-order valence-electron chi connectivity index (χ2n) is 8.18. The van der Waals surface area contributed by atoms with Gasteiger partial charge >= 0.3 is 12.4 Å². The van der Waals surface area contributed by atoms with Crippen molar-refractivity contribution in [3.05, 3.63) is 94.0 Å². The zero-order valence-corrected chi connectivity index (χ0v) is 18.6. The molecule has 0 amide bonds. The fraction of sp³-hybridized carbons (Fsp3) is 0.240. The smallest absolute Gasteiger partial charge is 0.332 e. The highest BCUT2D eigenvalue weighted by Gasteiger charge is 2.37. The van der Waals surface area contributed by atoms with Gasteiger partial charge in [0.05, 0.1) is 11.1 Å². The topological polar surface area (TPSA) is 24.1 Å². The Kier molecular flexibility index (Phi) is 6.58. The summed E-state index contributed by atoms with van der Waals surface area (Å²) < 4.78 is 78.9. The van der Waals surface area contributed by atoms with Crippen molar-refractivity contribution in [2.45, 2.75) is 38.0 Å². The SMILES string of the molecule is FC(F)(F)c1cc(NC(=S)Nc2cc3ccc2CCc2ccc(cc2)CC3)cc(C(F)(F)F)c1. The highest BCUT2D eigenvalue weighted by Crippen LogP contribution is 2.37. The molecule has 0 aromatic heterocycles. The molecule has 9 heteroatoms. The number of halogens is 6. The summed E-state index contributed by atoms with van der Waals surface area (Å²) in [5.41, 5.74) is 1.83. The van der Waals surface area contributed by atoms with Crippen molar-refractivity contribution in [3.8, 4) is 0 Å². The van der Waals surface area contributed by atoms with E-state index in [0.29, 0.717) is 24.2 Å². The molecule has 4 aliphatic rings. The van der Waals surface area contributed by atoms with Gasteiger partial charge in [0.1, 0.15) is 0 Å². The molecule has 0 saturated carbocycles. The fourth-order valence-electron chi connectivity index (χ4n) is 3.87. The lowest BCUT2D eigenvalue weighted by Gasteiger charge is -2.18. The lowest BCUT2D eigenvalue weighted by molar-refractivity contribution is -0.143. The standard InChI is InChI=1S/C25H20F6N2S/c26-24(27,28)19-12-20(25(29,30)31)14-21(13-19)32-23(34)33-22-11-17-6-5-15-1-3-16(4-2-15)7-9-18(22)10-8-17/h1-4,8,10-14H,5-7,9H2,(H2,32,33,34). The summed E-state index contributed by atoms with van der Waals surface area (Å²) in [4.78, 5) is 0. The van der Waals surface area contributed by atoms with Crippen LogP contribution in [0, 0.1) is 0 Å². The second-order valence-corrected chi connectivity index (χ2v) is 8.59. The van der Waals surface area contributed by atoms with Crippen LogP contribution in [0.1, 0.15) is 33.4 Å². The van der Waals surface area contributed by atoms with Gasteiger partial charge in [-0.3, -0.25) is 0 Å². The van der Waals surface area contributed by atoms with Gasteiger partial charge in [0, 0.05) is 11.4 Å². The van der Waals surface area contributed by atoms with Gasteiger partial charge in [-0.2, -0.15) is 26.3 Å². The maximum absolute atomic E-state index is 13.1. The molecule has 3 aromatic rings. The molecule has 0 atom stereocenters. The van der Waals surface area contributed by atoms with Crippen molar-refractivity contribution in [2.24, 2.45) is 0 Å². The zero-order valence-electron chi connectivity index (χ0n) is 17.8. The number of thiocarbonyl (C=S) groups is 1. The normalized spacial score (nSPS) is 13.8. The van der Waals surface area contributed by atoms with Crippen molar-refractivity contribution in [1.82, 2.24) is 0 Å². The number of anilines is 2. The minimum atomic E-state index is -4.93. The fourth-order valence-corrected chi connectivity index (χ4v) is 4.09. The van der Waals surface area contributed by atoms with Gasteiger partial charge < -0.3 is 10.6 Å². The average molecular weight is 495 g/mol. The predicted molar refractivity (Wildman–Crippen MR) is 124 cm³/mol. The first-order valence-electron chi connectivity index (χ1n) is 10.5. The van der Waals surface area contributed by atoms with Crippen molar-refractivity contribution < 1.29 is 26.3 Å². The minimum Gasteiger partial charge on any atom is -0.332 e. The minimum absolute atomic E-state index is 0.0829. The summed E-state index contributed by atoms with van der Waals surface area (Å²) in [5.74, 6) is 0. The van der Waals surface area contributed by atoms with Crippen molar-refractivity contribution in [2.75, 3.05) is 10.6 Å². The number of nitrogens with one attached hydrogen (secondary N) is 2. The van der Waals surface area contributed by atoms with Gasteiger partial charge in [-0.15, -0.1) is 0 Å². The third-order valence-corrected chi connectivity index (χ3v) is 5.88. The highest BCUT2D eigenvalue weighted by atomic mass is 32.1. The molecule has 0 radical (unpaired) electrons. The van der Waals surface area contributed by atoms with E-state index in [2.05, 4.69) is 34.9 Å². The monoisotopic (exact) mass is 494 g/mol. The maximum Gasteiger partial charge on any atom is 0.416 e. The van der Waals surface area contributed by atoms with Crippen LogP contribution in [-0.4, -0.2) is 5.11 Å². The van der Waals surface area contributed by atoms with Crippen LogP contribution in [-0.2, 0) is 38.0 Å². The molecule has 0 aliphatic heterocycles. The Bertz CT molecular complexity index is 1170.